The molecular formula is C35H43F3O13S. The quantitative estimate of drug-likeness (QED) is 0.114. The third-order valence-electron chi connectivity index (χ3n) is 7.30. The lowest BCUT2D eigenvalue weighted by Gasteiger charge is -2.44. The van der Waals surface area contributed by atoms with Crippen molar-refractivity contribution in [1.29, 1.82) is 0 Å². The van der Waals surface area contributed by atoms with Gasteiger partial charge >= 0.3 is 39.5 Å². The first-order valence-corrected chi connectivity index (χ1v) is 17.5. The van der Waals surface area contributed by atoms with E-state index in [2.05, 4.69) is 4.18 Å². The molecule has 0 saturated carbocycles. The Hall–Kier alpha value is -4.22. The van der Waals surface area contributed by atoms with Crippen molar-refractivity contribution in [3.05, 3.63) is 65.7 Å². The summed E-state index contributed by atoms with van der Waals surface area (Å²) in [5.74, 6) is -3.33. The van der Waals surface area contributed by atoms with Gasteiger partial charge in [0.15, 0.2) is 18.3 Å². The predicted octanol–water partition coefficient (Wildman–Crippen LogP) is 5.18. The molecule has 2 aromatic carbocycles. The Balaban J connectivity index is 1.94. The number of carbonyl (C=O) groups excluding carboxylic acids is 4. The summed E-state index contributed by atoms with van der Waals surface area (Å²) < 4.78 is 103. The van der Waals surface area contributed by atoms with Crippen molar-refractivity contribution in [3.8, 4) is 5.75 Å². The summed E-state index contributed by atoms with van der Waals surface area (Å²) in [6.45, 7) is 9.24. The largest absolute Gasteiger partial charge is 0.523 e. The van der Waals surface area contributed by atoms with Crippen molar-refractivity contribution in [1.82, 2.24) is 0 Å². The SMILES string of the molecule is CC(=O)O[C@H]1[C@H](OC(=O)C(C)(C)C)[C@H](OS(=O)(=O)C(F)(F)F)[C@H](Oc2ccc(CCC(=O)OCc3ccccc3)cc2)O[C@@H]1COC(=O)C(C)(C)C. The molecule has 1 fully saturated rings. The van der Waals surface area contributed by atoms with Gasteiger partial charge in [0.05, 0.1) is 10.8 Å². The molecule has 0 N–H and O–H groups in total. The normalized spacial score (nSPS) is 21.1. The molecule has 2 aromatic rings. The fourth-order valence-electron chi connectivity index (χ4n) is 4.48. The van der Waals surface area contributed by atoms with Crippen LogP contribution < -0.4 is 4.74 Å². The fraction of sp³-hybridized carbons (Fsp3) is 0.543. The van der Waals surface area contributed by atoms with Crippen LogP contribution in [0.5, 0.6) is 5.75 Å². The Morgan fingerprint density at radius 1 is 0.750 bits per heavy atom. The summed E-state index contributed by atoms with van der Waals surface area (Å²) in [7, 11) is -6.41. The first kappa shape index (κ1) is 42.2. The van der Waals surface area contributed by atoms with Crippen molar-refractivity contribution in [3.63, 3.8) is 0 Å². The van der Waals surface area contributed by atoms with E-state index in [9.17, 15) is 40.8 Å². The summed E-state index contributed by atoms with van der Waals surface area (Å²) in [6, 6.07) is 14.9. The van der Waals surface area contributed by atoms with Gasteiger partial charge in [-0.25, -0.2) is 4.18 Å². The van der Waals surface area contributed by atoms with E-state index in [1.807, 2.05) is 30.3 Å². The number of hydrogen-bond donors (Lipinski definition) is 0. The highest BCUT2D eigenvalue weighted by molar-refractivity contribution is 7.87. The Morgan fingerprint density at radius 3 is 1.88 bits per heavy atom. The van der Waals surface area contributed by atoms with E-state index in [1.54, 1.807) is 20.8 Å². The second-order valence-corrected chi connectivity index (χ2v) is 15.5. The summed E-state index contributed by atoms with van der Waals surface area (Å²) in [5.41, 5.74) is -6.79. The van der Waals surface area contributed by atoms with Crippen LogP contribution in [0.4, 0.5) is 13.2 Å². The zero-order chi connectivity index (χ0) is 39.1. The van der Waals surface area contributed by atoms with Gasteiger partial charge < -0.3 is 28.4 Å². The lowest BCUT2D eigenvalue weighted by molar-refractivity contribution is -0.282. The molecule has 17 heteroatoms. The molecule has 0 aliphatic carbocycles. The molecule has 0 unspecified atom stereocenters. The van der Waals surface area contributed by atoms with Gasteiger partial charge in [0.25, 0.3) is 0 Å². The molecule has 5 atom stereocenters. The van der Waals surface area contributed by atoms with E-state index in [-0.39, 0.29) is 25.2 Å². The molecule has 13 nitrogen and oxygen atoms in total. The molecule has 52 heavy (non-hydrogen) atoms. The van der Waals surface area contributed by atoms with Crippen molar-refractivity contribution >= 4 is 34.0 Å². The van der Waals surface area contributed by atoms with Gasteiger partial charge in [0.2, 0.25) is 6.29 Å². The smallest absolute Gasteiger partial charge is 0.462 e. The van der Waals surface area contributed by atoms with Crippen molar-refractivity contribution in [2.24, 2.45) is 10.8 Å². The maximum absolute atomic E-state index is 13.7. The Labute approximate surface area is 300 Å². The minimum absolute atomic E-state index is 0.0251. The lowest BCUT2D eigenvalue weighted by Crippen LogP contribution is -2.64. The summed E-state index contributed by atoms with van der Waals surface area (Å²) in [4.78, 5) is 50.2. The van der Waals surface area contributed by atoms with Gasteiger partial charge in [-0.05, 0) is 71.2 Å². The molecule has 1 aliphatic heterocycles. The van der Waals surface area contributed by atoms with E-state index >= 15 is 0 Å². The second-order valence-electron chi connectivity index (χ2n) is 14.0. The molecule has 0 amide bonds. The summed E-state index contributed by atoms with van der Waals surface area (Å²) in [6.07, 6.45) is -9.71. The molecule has 1 aliphatic rings. The number of carbonyl (C=O) groups is 4. The van der Waals surface area contributed by atoms with E-state index in [0.717, 1.165) is 12.5 Å². The standard InChI is InChI=1S/C35H43F3O13S/c1-21(39)47-27-25(20-46-31(41)33(2,3)4)49-30(29(51-52(43,44)35(36,37)38)28(27)50-32(42)34(5,6)7)48-24-16-13-22(14-17-24)15-18-26(40)45-19-23-11-9-8-10-12-23/h8-14,16-17,25,27-30H,15,18-20H2,1-7H3/t25-,27-,28+,29+,30-/m1/s1. The fourth-order valence-corrected chi connectivity index (χ4v) is 5.08. The average Bonchev–Trinajstić information content (AvgIpc) is 3.03. The van der Waals surface area contributed by atoms with Crippen LogP contribution in [0.1, 0.15) is 66.0 Å². The topological polar surface area (TPSA) is 167 Å². The highest BCUT2D eigenvalue weighted by Gasteiger charge is 2.58. The van der Waals surface area contributed by atoms with Crippen LogP contribution in [0.15, 0.2) is 54.6 Å². The number of hydrogen-bond acceptors (Lipinski definition) is 13. The van der Waals surface area contributed by atoms with Crippen LogP contribution in [-0.2, 0) is 70.2 Å². The monoisotopic (exact) mass is 760 g/mol. The molecule has 1 saturated heterocycles. The van der Waals surface area contributed by atoms with E-state index in [1.165, 1.54) is 45.0 Å². The van der Waals surface area contributed by atoms with Crippen molar-refractivity contribution in [2.45, 2.75) is 104 Å². The van der Waals surface area contributed by atoms with Gasteiger partial charge in [0.1, 0.15) is 25.1 Å². The molecule has 0 radical (unpaired) electrons. The average molecular weight is 761 g/mol. The number of alkyl halides is 3. The zero-order valence-corrected chi connectivity index (χ0v) is 30.6. The number of halogens is 3. The number of ether oxygens (including phenoxy) is 6. The van der Waals surface area contributed by atoms with Crippen LogP contribution in [0.25, 0.3) is 0 Å². The Bertz CT molecular complexity index is 1650. The molecule has 1 heterocycles. The zero-order valence-electron chi connectivity index (χ0n) is 29.8. The molecular weight excluding hydrogens is 717 g/mol. The molecule has 0 bridgehead atoms. The maximum atomic E-state index is 13.7. The van der Waals surface area contributed by atoms with Gasteiger partial charge in [0, 0.05) is 13.3 Å². The van der Waals surface area contributed by atoms with Gasteiger partial charge in [-0.2, -0.15) is 21.6 Å². The Kier molecular flexibility index (Phi) is 13.9. The molecule has 288 valence electrons. The first-order chi connectivity index (χ1) is 24.0. The van der Waals surface area contributed by atoms with Gasteiger partial charge in [-0.15, -0.1) is 0 Å². The summed E-state index contributed by atoms with van der Waals surface area (Å²) >= 11 is 0. The third kappa shape index (κ3) is 12.2. The maximum Gasteiger partial charge on any atom is 0.523 e. The first-order valence-electron chi connectivity index (χ1n) is 16.1. The number of benzene rings is 2. The van der Waals surface area contributed by atoms with E-state index in [0.29, 0.717) is 5.56 Å². The highest BCUT2D eigenvalue weighted by Crippen LogP contribution is 2.36. The molecule has 0 spiro atoms. The minimum Gasteiger partial charge on any atom is -0.462 e. The third-order valence-corrected chi connectivity index (χ3v) is 8.34. The van der Waals surface area contributed by atoms with Crippen LogP contribution in [0.2, 0.25) is 0 Å². The van der Waals surface area contributed by atoms with Gasteiger partial charge in [-0.1, -0.05) is 42.5 Å². The van der Waals surface area contributed by atoms with Crippen LogP contribution >= 0.6 is 0 Å². The van der Waals surface area contributed by atoms with Crippen molar-refractivity contribution < 1.29 is 73.4 Å². The van der Waals surface area contributed by atoms with Crippen molar-refractivity contribution in [2.75, 3.05) is 6.61 Å². The lowest BCUT2D eigenvalue weighted by atomic mass is 9.95. The second kappa shape index (κ2) is 17.1. The number of aryl methyl sites for hydroxylation is 1. The van der Waals surface area contributed by atoms with Crippen LogP contribution in [0, 0.1) is 10.8 Å². The van der Waals surface area contributed by atoms with Crippen LogP contribution in [0.3, 0.4) is 0 Å². The summed E-state index contributed by atoms with van der Waals surface area (Å²) in [5, 5.41) is 0. The van der Waals surface area contributed by atoms with E-state index in [4.69, 9.17) is 28.4 Å². The number of esters is 4. The minimum atomic E-state index is -6.41. The van der Waals surface area contributed by atoms with E-state index < -0.39 is 87.6 Å². The highest BCUT2D eigenvalue weighted by atomic mass is 32.2. The number of rotatable bonds is 13. The Morgan fingerprint density at radius 2 is 1.35 bits per heavy atom. The van der Waals surface area contributed by atoms with Gasteiger partial charge in [-0.3, -0.25) is 19.2 Å². The predicted molar refractivity (Wildman–Crippen MR) is 175 cm³/mol. The molecule has 3 rings (SSSR count). The molecule has 0 aromatic heterocycles. The van der Waals surface area contributed by atoms with Crippen LogP contribution in [-0.4, -0.2) is 75.1 Å².